The van der Waals surface area contributed by atoms with E-state index in [0.717, 1.165) is 40.2 Å². The fourth-order valence-corrected chi connectivity index (χ4v) is 6.10. The van der Waals surface area contributed by atoms with Crippen LogP contribution >= 0.6 is 0 Å². The number of nitrogens with zero attached hydrogens (tertiary/aromatic N) is 2. The van der Waals surface area contributed by atoms with Gasteiger partial charge in [0, 0.05) is 20.5 Å². The quantitative estimate of drug-likeness (QED) is 0.0378. The first-order valence-corrected chi connectivity index (χ1v) is 18.7. The van der Waals surface area contributed by atoms with Gasteiger partial charge < -0.3 is 9.47 Å². The van der Waals surface area contributed by atoms with Crippen LogP contribution in [0.2, 0.25) is 0 Å². The summed E-state index contributed by atoms with van der Waals surface area (Å²) in [7, 11) is 2.63. The zero-order valence-corrected chi connectivity index (χ0v) is 30.9. The number of rotatable bonds is 20. The molecule has 0 spiro atoms. The Labute approximate surface area is 308 Å². The molecule has 4 amide bonds. The molecule has 0 radical (unpaired) electrons. The molecule has 0 atom stereocenters. The Morgan fingerprint density at radius 1 is 0.558 bits per heavy atom. The zero-order chi connectivity index (χ0) is 37.3. The number of barbiturate groups is 1. The molecule has 0 aromatic heterocycles. The molecule has 276 valence electrons. The van der Waals surface area contributed by atoms with Crippen molar-refractivity contribution in [2.24, 2.45) is 0 Å². The average molecular weight is 709 g/mol. The second kappa shape index (κ2) is 20.7. The summed E-state index contributed by atoms with van der Waals surface area (Å²) in [5, 5.41) is 0. The molecular weight excluding hydrogens is 656 g/mol. The molecule has 1 heterocycles. The summed E-state index contributed by atoms with van der Waals surface area (Å²) in [6.45, 7) is 2.26. The molecule has 1 fully saturated rings. The average Bonchev–Trinajstić information content (AvgIpc) is 3.16. The maximum absolute atomic E-state index is 12.8. The zero-order valence-electron chi connectivity index (χ0n) is 30.9. The Morgan fingerprint density at radius 3 is 1.48 bits per heavy atom. The SMILES string of the molecule is CCCCCCCCCCCCCCCCC(=O)Oc1ccc(-c2ccc(C(=O)Oc3ccc(C=C4C(=O)N(C)C(=O)N(C)C4=O)cc3)cc2)cc1. The van der Waals surface area contributed by atoms with Gasteiger partial charge in [-0.2, -0.15) is 0 Å². The van der Waals surface area contributed by atoms with E-state index in [9.17, 15) is 24.0 Å². The molecule has 0 aliphatic carbocycles. The molecule has 1 saturated heterocycles. The lowest BCUT2D eigenvalue weighted by Crippen LogP contribution is -2.52. The van der Waals surface area contributed by atoms with E-state index in [4.69, 9.17) is 9.47 Å². The minimum atomic E-state index is -0.691. The van der Waals surface area contributed by atoms with Crippen LogP contribution in [0.15, 0.2) is 78.4 Å². The van der Waals surface area contributed by atoms with Crippen LogP contribution in [0.25, 0.3) is 17.2 Å². The molecule has 9 heteroatoms. The van der Waals surface area contributed by atoms with Gasteiger partial charge >= 0.3 is 18.0 Å². The minimum Gasteiger partial charge on any atom is -0.427 e. The highest BCUT2D eigenvalue weighted by Crippen LogP contribution is 2.25. The summed E-state index contributed by atoms with van der Waals surface area (Å²) < 4.78 is 11.1. The molecule has 0 bridgehead atoms. The van der Waals surface area contributed by atoms with Crippen molar-refractivity contribution in [1.29, 1.82) is 0 Å². The van der Waals surface area contributed by atoms with Gasteiger partial charge in [-0.25, -0.2) is 9.59 Å². The number of carbonyl (C=O) groups excluding carboxylic acids is 5. The van der Waals surface area contributed by atoms with Gasteiger partial charge in [-0.3, -0.25) is 24.2 Å². The maximum atomic E-state index is 12.8. The topological polar surface area (TPSA) is 110 Å². The number of imide groups is 2. The highest BCUT2D eigenvalue weighted by atomic mass is 16.5. The van der Waals surface area contributed by atoms with Gasteiger partial charge in [-0.1, -0.05) is 127 Å². The molecule has 4 rings (SSSR count). The van der Waals surface area contributed by atoms with Crippen molar-refractivity contribution in [2.45, 2.75) is 103 Å². The number of urea groups is 1. The van der Waals surface area contributed by atoms with Crippen LogP contribution in [0.1, 0.15) is 119 Å². The molecule has 9 nitrogen and oxygen atoms in total. The Bertz CT molecular complexity index is 1650. The maximum Gasteiger partial charge on any atom is 0.343 e. The van der Waals surface area contributed by atoms with Crippen LogP contribution in [-0.4, -0.2) is 53.7 Å². The number of amides is 4. The normalized spacial score (nSPS) is 13.1. The van der Waals surface area contributed by atoms with Crippen molar-refractivity contribution < 1.29 is 33.4 Å². The summed E-state index contributed by atoms with van der Waals surface area (Å²) in [6.07, 6.45) is 19.6. The third-order valence-electron chi connectivity index (χ3n) is 9.32. The molecule has 3 aromatic carbocycles. The Morgan fingerprint density at radius 2 is 0.981 bits per heavy atom. The number of benzene rings is 3. The first-order valence-electron chi connectivity index (χ1n) is 18.7. The van der Waals surface area contributed by atoms with Crippen molar-refractivity contribution in [1.82, 2.24) is 9.80 Å². The van der Waals surface area contributed by atoms with Crippen LogP contribution in [0, 0.1) is 0 Å². The number of hydrogen-bond donors (Lipinski definition) is 0. The van der Waals surface area contributed by atoms with Crippen molar-refractivity contribution in [3.05, 3.63) is 89.5 Å². The third-order valence-corrected chi connectivity index (χ3v) is 9.32. The van der Waals surface area contributed by atoms with Crippen LogP contribution in [-0.2, 0) is 14.4 Å². The second-order valence-corrected chi connectivity index (χ2v) is 13.4. The highest BCUT2D eigenvalue weighted by molar-refractivity contribution is 6.30. The lowest BCUT2D eigenvalue weighted by molar-refractivity contribution is -0.135. The largest absolute Gasteiger partial charge is 0.427 e. The van der Waals surface area contributed by atoms with E-state index in [0.29, 0.717) is 23.3 Å². The molecule has 1 aliphatic rings. The summed E-state index contributed by atoms with van der Waals surface area (Å²) >= 11 is 0. The van der Waals surface area contributed by atoms with Crippen molar-refractivity contribution >= 4 is 35.9 Å². The number of esters is 2. The number of carbonyl (C=O) groups is 5. The summed E-state index contributed by atoms with van der Waals surface area (Å²) in [5.41, 5.74) is 2.55. The van der Waals surface area contributed by atoms with E-state index < -0.39 is 23.8 Å². The van der Waals surface area contributed by atoms with Crippen molar-refractivity contribution in [3.8, 4) is 22.6 Å². The first-order chi connectivity index (χ1) is 25.2. The molecular formula is C43H52N2O7. The van der Waals surface area contributed by atoms with Gasteiger partial charge in [-0.15, -0.1) is 0 Å². The summed E-state index contributed by atoms with van der Waals surface area (Å²) in [6, 6.07) is 19.9. The van der Waals surface area contributed by atoms with E-state index in [1.54, 1.807) is 48.5 Å². The fraction of sp³-hybridized carbons (Fsp3) is 0.419. The van der Waals surface area contributed by atoms with Crippen molar-refractivity contribution in [3.63, 3.8) is 0 Å². The molecule has 52 heavy (non-hydrogen) atoms. The van der Waals surface area contributed by atoms with Crippen LogP contribution in [0.3, 0.4) is 0 Å². The van der Waals surface area contributed by atoms with Gasteiger partial charge in [0.05, 0.1) is 5.56 Å². The smallest absolute Gasteiger partial charge is 0.343 e. The lowest BCUT2D eigenvalue weighted by Gasteiger charge is -2.28. The van der Waals surface area contributed by atoms with Crippen molar-refractivity contribution in [2.75, 3.05) is 14.1 Å². The van der Waals surface area contributed by atoms with Gasteiger partial charge in [0.1, 0.15) is 17.1 Å². The third kappa shape index (κ3) is 12.0. The van der Waals surface area contributed by atoms with E-state index >= 15 is 0 Å². The lowest BCUT2D eigenvalue weighted by atomic mass is 10.0. The first kappa shape index (κ1) is 39.7. The predicted molar refractivity (Wildman–Crippen MR) is 203 cm³/mol. The highest BCUT2D eigenvalue weighted by Gasteiger charge is 2.37. The van der Waals surface area contributed by atoms with Crippen LogP contribution in [0.5, 0.6) is 11.5 Å². The Kier molecular flexibility index (Phi) is 15.8. The summed E-state index contributed by atoms with van der Waals surface area (Å²) in [4.78, 5) is 63.8. The number of likely N-dealkylation sites (N-methyl/N-ethyl adjacent to an activating group) is 2. The fourth-order valence-electron chi connectivity index (χ4n) is 6.10. The molecule has 0 N–H and O–H groups in total. The van der Waals surface area contributed by atoms with E-state index in [1.165, 1.54) is 90.8 Å². The molecule has 0 saturated carbocycles. The monoisotopic (exact) mass is 708 g/mol. The van der Waals surface area contributed by atoms with Gasteiger partial charge in [-0.05, 0) is 65.6 Å². The Balaban J connectivity index is 1.14. The molecule has 3 aromatic rings. The Hall–Kier alpha value is -5.05. The number of hydrogen-bond acceptors (Lipinski definition) is 7. The van der Waals surface area contributed by atoms with Crippen LogP contribution in [0.4, 0.5) is 4.79 Å². The molecule has 1 aliphatic heterocycles. The summed E-state index contributed by atoms with van der Waals surface area (Å²) in [5.74, 6) is -1.33. The van der Waals surface area contributed by atoms with E-state index in [1.807, 2.05) is 24.3 Å². The van der Waals surface area contributed by atoms with Gasteiger partial charge in [0.2, 0.25) is 0 Å². The van der Waals surface area contributed by atoms with E-state index in [2.05, 4.69) is 6.92 Å². The number of unbranched alkanes of at least 4 members (excludes halogenated alkanes) is 13. The minimum absolute atomic E-state index is 0.138. The van der Waals surface area contributed by atoms with Gasteiger partial charge in [0.25, 0.3) is 11.8 Å². The number of ether oxygens (including phenoxy) is 2. The standard InChI is InChI=1S/C43H52N2O7/c1-4-5-6-7-8-9-10-11-12-13-14-15-16-17-18-39(46)51-36-29-25-34(26-30-36)33-21-23-35(24-22-33)42(49)52-37-27-19-32(20-28-37)31-38-40(47)44(2)43(50)45(3)41(38)48/h19-31H,4-18H2,1-3H3. The predicted octanol–water partition coefficient (Wildman–Crippen LogP) is 9.78. The molecule has 0 unspecified atom stereocenters. The second-order valence-electron chi connectivity index (χ2n) is 13.4. The van der Waals surface area contributed by atoms with Crippen LogP contribution < -0.4 is 9.47 Å². The van der Waals surface area contributed by atoms with Gasteiger partial charge in [0.15, 0.2) is 0 Å². The van der Waals surface area contributed by atoms with E-state index in [-0.39, 0.29) is 17.3 Å².